The van der Waals surface area contributed by atoms with Crippen molar-refractivity contribution in [2.24, 2.45) is 5.73 Å². The fourth-order valence-corrected chi connectivity index (χ4v) is 2.46. The highest BCUT2D eigenvalue weighted by Crippen LogP contribution is 2.24. The van der Waals surface area contributed by atoms with Gasteiger partial charge in [0.25, 0.3) is 0 Å². The molecule has 1 heterocycles. The lowest BCUT2D eigenvalue weighted by atomic mass is 10.1. The van der Waals surface area contributed by atoms with E-state index < -0.39 is 5.97 Å². The number of carboxylic acids is 1. The van der Waals surface area contributed by atoms with E-state index in [1.54, 1.807) is 23.1 Å². The molecule has 5 nitrogen and oxygen atoms in total. The highest BCUT2D eigenvalue weighted by molar-refractivity contribution is 5.88. The number of benzene rings is 1. The molecule has 0 saturated heterocycles. The molecule has 0 fully saturated rings. The Morgan fingerprint density at radius 3 is 2.60 bits per heavy atom. The lowest BCUT2D eigenvalue weighted by Gasteiger charge is -2.15. The van der Waals surface area contributed by atoms with Crippen LogP contribution in [0, 0.1) is 0 Å². The van der Waals surface area contributed by atoms with E-state index in [2.05, 4.69) is 0 Å². The van der Waals surface area contributed by atoms with Crippen molar-refractivity contribution in [2.75, 3.05) is 6.54 Å². The Morgan fingerprint density at radius 1 is 1.15 bits per heavy atom. The summed E-state index contributed by atoms with van der Waals surface area (Å²) in [5.74, 6) is -0.797. The molecule has 0 radical (unpaired) electrons. The molecule has 1 amide bonds. The molecule has 0 aliphatic carbocycles. The Labute approximate surface area is 118 Å². The summed E-state index contributed by atoms with van der Waals surface area (Å²) in [6.45, 7) is 1.78. The Bertz CT molecular complexity index is 514. The van der Waals surface area contributed by atoms with E-state index in [0.717, 1.165) is 30.4 Å². The number of rotatable bonds is 6. The van der Waals surface area contributed by atoms with E-state index in [1.807, 2.05) is 0 Å². The van der Waals surface area contributed by atoms with E-state index in [0.29, 0.717) is 26.1 Å². The second-order valence-corrected chi connectivity index (χ2v) is 5.14. The maximum Gasteiger partial charge on any atom is 0.335 e. The summed E-state index contributed by atoms with van der Waals surface area (Å²) in [6.07, 6.45) is 3.34. The molecule has 20 heavy (non-hydrogen) atoms. The Hall–Kier alpha value is -1.88. The summed E-state index contributed by atoms with van der Waals surface area (Å²) in [5, 5.41) is 8.97. The smallest absolute Gasteiger partial charge is 0.335 e. The van der Waals surface area contributed by atoms with E-state index in [9.17, 15) is 9.59 Å². The molecule has 0 bridgehead atoms. The first-order valence-electron chi connectivity index (χ1n) is 6.94. The van der Waals surface area contributed by atoms with Crippen LogP contribution >= 0.6 is 0 Å². The van der Waals surface area contributed by atoms with Gasteiger partial charge in [-0.3, -0.25) is 4.79 Å². The zero-order valence-corrected chi connectivity index (χ0v) is 11.5. The minimum Gasteiger partial charge on any atom is -0.478 e. The largest absolute Gasteiger partial charge is 0.478 e. The van der Waals surface area contributed by atoms with E-state index in [4.69, 9.17) is 10.8 Å². The molecule has 1 aliphatic heterocycles. The van der Waals surface area contributed by atoms with Crippen LogP contribution in [0.4, 0.5) is 0 Å². The number of nitrogens with two attached hydrogens (primary N) is 1. The Morgan fingerprint density at radius 2 is 1.90 bits per heavy atom. The average Bonchev–Trinajstić information content (AvgIpc) is 2.86. The standard InChI is InChI=1S/C15H20N2O3/c16-7-3-1-2-4-14(18)17-9-12-6-5-11(15(19)20)8-13(12)10-17/h5-6,8H,1-4,7,9-10,16H2,(H,19,20). The zero-order valence-electron chi connectivity index (χ0n) is 11.5. The van der Waals surface area contributed by atoms with Gasteiger partial charge in [-0.1, -0.05) is 12.5 Å². The van der Waals surface area contributed by atoms with Gasteiger partial charge in [-0.15, -0.1) is 0 Å². The van der Waals surface area contributed by atoms with Crippen molar-refractivity contribution in [1.82, 2.24) is 4.90 Å². The van der Waals surface area contributed by atoms with Crippen molar-refractivity contribution in [2.45, 2.75) is 38.8 Å². The number of carbonyl (C=O) groups excluding carboxylic acids is 1. The van der Waals surface area contributed by atoms with Crippen LogP contribution in [-0.4, -0.2) is 28.4 Å². The summed E-state index contributed by atoms with van der Waals surface area (Å²) in [4.78, 5) is 24.8. The van der Waals surface area contributed by atoms with E-state index in [-0.39, 0.29) is 11.5 Å². The average molecular weight is 276 g/mol. The minimum absolute atomic E-state index is 0.134. The van der Waals surface area contributed by atoms with Crippen LogP contribution in [0.1, 0.15) is 47.2 Å². The van der Waals surface area contributed by atoms with Crippen molar-refractivity contribution >= 4 is 11.9 Å². The second-order valence-electron chi connectivity index (χ2n) is 5.14. The summed E-state index contributed by atoms with van der Waals surface area (Å²) in [5.41, 5.74) is 7.69. The van der Waals surface area contributed by atoms with E-state index >= 15 is 0 Å². The van der Waals surface area contributed by atoms with Gasteiger partial charge in [0.05, 0.1) is 5.56 Å². The van der Waals surface area contributed by atoms with Crippen LogP contribution in [0.5, 0.6) is 0 Å². The molecule has 1 aromatic carbocycles. The summed E-state index contributed by atoms with van der Waals surface area (Å²) < 4.78 is 0. The quantitative estimate of drug-likeness (QED) is 0.775. The third kappa shape index (κ3) is 3.36. The molecule has 1 aliphatic rings. The first-order chi connectivity index (χ1) is 9.61. The van der Waals surface area contributed by atoms with Crippen molar-refractivity contribution in [3.05, 3.63) is 34.9 Å². The van der Waals surface area contributed by atoms with Gasteiger partial charge in [0, 0.05) is 19.5 Å². The number of unbranched alkanes of at least 4 members (excludes halogenated alkanes) is 2. The topological polar surface area (TPSA) is 83.6 Å². The molecule has 2 rings (SSSR count). The monoisotopic (exact) mass is 276 g/mol. The highest BCUT2D eigenvalue weighted by Gasteiger charge is 2.23. The van der Waals surface area contributed by atoms with Crippen LogP contribution in [0.25, 0.3) is 0 Å². The van der Waals surface area contributed by atoms with Crippen molar-refractivity contribution in [1.29, 1.82) is 0 Å². The van der Waals surface area contributed by atoms with Crippen LogP contribution in [0.2, 0.25) is 0 Å². The SMILES string of the molecule is NCCCCCC(=O)N1Cc2ccc(C(=O)O)cc2C1. The van der Waals surface area contributed by atoms with Gasteiger partial charge >= 0.3 is 5.97 Å². The van der Waals surface area contributed by atoms with Crippen LogP contribution in [0.3, 0.4) is 0 Å². The van der Waals surface area contributed by atoms with Gasteiger partial charge in [-0.05, 0) is 42.6 Å². The number of hydrogen-bond donors (Lipinski definition) is 2. The van der Waals surface area contributed by atoms with Crippen LogP contribution < -0.4 is 5.73 Å². The number of amides is 1. The molecule has 0 saturated carbocycles. The molecule has 108 valence electrons. The van der Waals surface area contributed by atoms with Gasteiger partial charge in [-0.2, -0.15) is 0 Å². The van der Waals surface area contributed by atoms with Crippen molar-refractivity contribution < 1.29 is 14.7 Å². The molecule has 0 unspecified atom stereocenters. The molecule has 5 heteroatoms. The van der Waals surface area contributed by atoms with Gasteiger partial charge in [0.15, 0.2) is 0 Å². The first-order valence-corrected chi connectivity index (χ1v) is 6.94. The number of hydrogen-bond acceptors (Lipinski definition) is 3. The molecular formula is C15H20N2O3. The van der Waals surface area contributed by atoms with E-state index in [1.165, 1.54) is 0 Å². The molecule has 1 aromatic rings. The Kier molecular flexibility index (Phi) is 4.74. The zero-order chi connectivity index (χ0) is 14.5. The van der Waals surface area contributed by atoms with Gasteiger partial charge in [0.1, 0.15) is 0 Å². The predicted molar refractivity (Wildman–Crippen MR) is 75.2 cm³/mol. The predicted octanol–water partition coefficient (Wildman–Crippen LogP) is 1.75. The highest BCUT2D eigenvalue weighted by atomic mass is 16.4. The molecule has 3 N–H and O–H groups in total. The number of aromatic carboxylic acids is 1. The molecular weight excluding hydrogens is 256 g/mol. The summed E-state index contributed by atoms with van der Waals surface area (Å²) in [6, 6.07) is 5.07. The van der Waals surface area contributed by atoms with Crippen LogP contribution in [0.15, 0.2) is 18.2 Å². The summed E-state index contributed by atoms with van der Waals surface area (Å²) >= 11 is 0. The second kappa shape index (κ2) is 6.52. The fraction of sp³-hybridized carbons (Fsp3) is 0.467. The molecule has 0 spiro atoms. The third-order valence-electron chi connectivity index (χ3n) is 3.62. The minimum atomic E-state index is -0.931. The number of fused-ring (bicyclic) bond motifs is 1. The molecule has 0 aromatic heterocycles. The van der Waals surface area contributed by atoms with Crippen molar-refractivity contribution in [3.8, 4) is 0 Å². The lowest BCUT2D eigenvalue weighted by Crippen LogP contribution is -2.24. The first kappa shape index (κ1) is 14.5. The third-order valence-corrected chi connectivity index (χ3v) is 3.62. The lowest BCUT2D eigenvalue weighted by molar-refractivity contribution is -0.131. The van der Waals surface area contributed by atoms with Crippen LogP contribution in [-0.2, 0) is 17.9 Å². The fourth-order valence-electron chi connectivity index (χ4n) is 2.46. The number of carbonyl (C=O) groups is 2. The number of nitrogens with zero attached hydrogens (tertiary/aromatic N) is 1. The maximum atomic E-state index is 12.1. The summed E-state index contributed by atoms with van der Waals surface area (Å²) in [7, 11) is 0. The van der Waals surface area contributed by atoms with Gasteiger partial charge < -0.3 is 15.7 Å². The van der Waals surface area contributed by atoms with Crippen molar-refractivity contribution in [3.63, 3.8) is 0 Å². The van der Waals surface area contributed by atoms with Gasteiger partial charge in [0.2, 0.25) is 5.91 Å². The maximum absolute atomic E-state index is 12.1. The van der Waals surface area contributed by atoms with Gasteiger partial charge in [-0.25, -0.2) is 4.79 Å². The molecule has 0 atom stereocenters. The Balaban J connectivity index is 1.92. The normalized spacial score (nSPS) is 13.3. The number of carboxylic acid groups (broad SMARTS) is 1.